The normalized spacial score (nSPS) is 11.3. The molecule has 0 unspecified atom stereocenters. The van der Waals surface area contributed by atoms with E-state index in [1.54, 1.807) is 6.20 Å². The van der Waals surface area contributed by atoms with Crippen molar-refractivity contribution in [1.29, 1.82) is 0 Å². The molecule has 0 saturated carbocycles. The van der Waals surface area contributed by atoms with Gasteiger partial charge in [-0.25, -0.2) is 0 Å². The molecule has 2 aromatic carbocycles. The molecule has 1 aromatic heterocycles. The number of benzene rings is 2. The third-order valence-electron chi connectivity index (χ3n) is 5.71. The molecule has 1 N–H and O–H groups in total. The van der Waals surface area contributed by atoms with Crippen molar-refractivity contribution in [3.05, 3.63) is 71.9 Å². The first-order chi connectivity index (χ1) is 15.3. The summed E-state index contributed by atoms with van der Waals surface area (Å²) in [5.41, 5.74) is 4.38. The number of hydrogen-bond donors (Lipinski definition) is 1. The lowest BCUT2D eigenvalue weighted by Crippen LogP contribution is -2.41. The van der Waals surface area contributed by atoms with Crippen LogP contribution in [-0.4, -0.2) is 18.3 Å². The molecule has 0 spiro atoms. The van der Waals surface area contributed by atoms with E-state index in [0.29, 0.717) is 0 Å². The van der Waals surface area contributed by atoms with Gasteiger partial charge in [0.15, 0.2) is 0 Å². The van der Waals surface area contributed by atoms with Gasteiger partial charge in [0.25, 0.3) is 5.52 Å². The zero-order valence-electron chi connectivity index (χ0n) is 18.8. The summed E-state index contributed by atoms with van der Waals surface area (Å²) in [6, 6.07) is 18.7. The lowest BCUT2D eigenvalue weighted by Gasteiger charge is -2.25. The third-order valence-corrected chi connectivity index (χ3v) is 5.71. The number of nitrogens with zero attached hydrogens (tertiary/aromatic N) is 2. The first kappa shape index (κ1) is 22.8. The van der Waals surface area contributed by atoms with Gasteiger partial charge in [0.05, 0.1) is 10.1 Å². The van der Waals surface area contributed by atoms with E-state index >= 15 is 0 Å². The average Bonchev–Trinajstić information content (AvgIpc) is 2.82. The molecule has 31 heavy (non-hydrogen) atoms. The molecule has 3 rings (SSSR count). The molecule has 164 valence electrons. The summed E-state index contributed by atoms with van der Waals surface area (Å²) >= 11 is 0. The molecule has 4 nitrogen and oxygen atoms in total. The van der Waals surface area contributed by atoms with Gasteiger partial charge in [-0.2, -0.15) is 0 Å². The standard InChI is InChI=1S/C27H34N2O2/c1-3-5-9-20-28(21-10-6-4-2)25-17-14-23(15-18-25)13-16-24-19-22-29(31-30)27-12-8-7-11-26(24)27/h7-8,11-19,22H,3-6,9-10,20-21H2,1-2H3/p+1. The maximum Gasteiger partial charge on any atom is 0.269 e. The molecule has 0 radical (unpaired) electrons. The lowest BCUT2D eigenvalue weighted by molar-refractivity contribution is -0.938. The van der Waals surface area contributed by atoms with E-state index in [4.69, 9.17) is 5.26 Å². The summed E-state index contributed by atoms with van der Waals surface area (Å²) < 4.78 is 1.35. The summed E-state index contributed by atoms with van der Waals surface area (Å²) in [5, 5.41) is 10.1. The van der Waals surface area contributed by atoms with Gasteiger partial charge in [-0.3, -0.25) is 0 Å². The van der Waals surface area contributed by atoms with Crippen LogP contribution in [0, 0.1) is 0 Å². The fraction of sp³-hybridized carbons (Fsp3) is 0.370. The second-order valence-electron chi connectivity index (χ2n) is 8.02. The van der Waals surface area contributed by atoms with Gasteiger partial charge >= 0.3 is 0 Å². The SMILES string of the molecule is CCCCCN(CCCCC)c1ccc(C=Cc2cc[n+](OO)c3ccccc23)cc1. The monoisotopic (exact) mass is 419 g/mol. The average molecular weight is 420 g/mol. The summed E-state index contributed by atoms with van der Waals surface area (Å²) in [6.45, 7) is 6.79. The lowest BCUT2D eigenvalue weighted by atomic mass is 10.1. The van der Waals surface area contributed by atoms with Crippen LogP contribution in [0.2, 0.25) is 0 Å². The summed E-state index contributed by atoms with van der Waals surface area (Å²) in [7, 11) is 0. The Morgan fingerprint density at radius 1 is 0.839 bits per heavy atom. The highest BCUT2D eigenvalue weighted by Crippen LogP contribution is 2.21. The summed E-state index contributed by atoms with van der Waals surface area (Å²) in [5.74, 6) is 0. The van der Waals surface area contributed by atoms with Gasteiger partial charge in [-0.05, 0) is 42.2 Å². The molecule has 0 aliphatic carbocycles. The van der Waals surface area contributed by atoms with Crippen LogP contribution < -0.4 is 14.6 Å². The zero-order valence-corrected chi connectivity index (χ0v) is 18.8. The van der Waals surface area contributed by atoms with E-state index in [1.807, 2.05) is 30.3 Å². The van der Waals surface area contributed by atoms with E-state index < -0.39 is 0 Å². The topological polar surface area (TPSA) is 36.6 Å². The Morgan fingerprint density at radius 3 is 2.16 bits per heavy atom. The van der Waals surface area contributed by atoms with Gasteiger partial charge in [0, 0.05) is 30.9 Å². The van der Waals surface area contributed by atoms with Crippen LogP contribution in [0.5, 0.6) is 0 Å². The van der Waals surface area contributed by atoms with Gasteiger partial charge in [0.1, 0.15) is 0 Å². The maximum atomic E-state index is 9.08. The highest BCUT2D eigenvalue weighted by Gasteiger charge is 2.12. The molecule has 4 heteroatoms. The molecule has 0 bridgehead atoms. The van der Waals surface area contributed by atoms with Gasteiger partial charge in [-0.15, -0.1) is 5.26 Å². The minimum atomic E-state index is 0.817. The first-order valence-electron chi connectivity index (χ1n) is 11.5. The number of pyridine rings is 1. The van der Waals surface area contributed by atoms with Crippen LogP contribution in [0.25, 0.3) is 23.1 Å². The Kier molecular flexibility index (Phi) is 8.92. The van der Waals surface area contributed by atoms with Crippen molar-refractivity contribution in [2.45, 2.75) is 52.4 Å². The van der Waals surface area contributed by atoms with Gasteiger partial charge in [0.2, 0.25) is 6.20 Å². The Hall–Kier alpha value is -2.85. The third kappa shape index (κ3) is 6.31. The number of rotatable bonds is 12. The molecule has 0 amide bonds. The fourth-order valence-corrected chi connectivity index (χ4v) is 3.90. The highest BCUT2D eigenvalue weighted by molar-refractivity contribution is 5.88. The van der Waals surface area contributed by atoms with Crippen LogP contribution in [0.4, 0.5) is 5.69 Å². The van der Waals surface area contributed by atoms with Gasteiger partial charge in [-0.1, -0.05) is 80.9 Å². The molecule has 1 heterocycles. The Morgan fingerprint density at radius 2 is 1.52 bits per heavy atom. The quantitative estimate of drug-likeness (QED) is 0.160. The minimum Gasteiger partial charge on any atom is -0.372 e. The molecular weight excluding hydrogens is 384 g/mol. The Bertz CT molecular complexity index is 957. The number of unbranched alkanes of at least 4 members (excludes halogenated alkanes) is 4. The van der Waals surface area contributed by atoms with Crippen molar-refractivity contribution in [2.75, 3.05) is 18.0 Å². The van der Waals surface area contributed by atoms with E-state index in [-0.39, 0.29) is 0 Å². The van der Waals surface area contributed by atoms with E-state index in [1.165, 1.54) is 54.5 Å². The number of hydrogen-bond acceptors (Lipinski definition) is 3. The van der Waals surface area contributed by atoms with Crippen LogP contribution >= 0.6 is 0 Å². The predicted molar refractivity (Wildman–Crippen MR) is 130 cm³/mol. The van der Waals surface area contributed by atoms with Crippen molar-refractivity contribution in [3.63, 3.8) is 0 Å². The van der Waals surface area contributed by atoms with Crippen molar-refractivity contribution in [2.24, 2.45) is 0 Å². The number of aromatic nitrogens is 1. The molecule has 0 aliphatic heterocycles. The Labute approximate surface area is 186 Å². The maximum absolute atomic E-state index is 9.08. The summed E-state index contributed by atoms with van der Waals surface area (Å²) in [6.07, 6.45) is 13.6. The first-order valence-corrected chi connectivity index (χ1v) is 11.5. The molecule has 3 aromatic rings. The largest absolute Gasteiger partial charge is 0.372 e. The molecule has 0 saturated heterocycles. The van der Waals surface area contributed by atoms with Crippen LogP contribution in [0.3, 0.4) is 0 Å². The van der Waals surface area contributed by atoms with Crippen molar-refractivity contribution >= 4 is 28.7 Å². The van der Waals surface area contributed by atoms with Crippen LogP contribution in [0.15, 0.2) is 60.8 Å². The minimum absolute atomic E-state index is 0.817. The smallest absolute Gasteiger partial charge is 0.269 e. The zero-order chi connectivity index (χ0) is 21.9. The second kappa shape index (κ2) is 12.1. The van der Waals surface area contributed by atoms with Gasteiger partial charge < -0.3 is 4.90 Å². The van der Waals surface area contributed by atoms with Crippen LogP contribution in [0.1, 0.15) is 63.5 Å². The van der Waals surface area contributed by atoms with E-state index in [0.717, 1.165) is 29.6 Å². The molecular formula is C27H35N2O2+. The Balaban J connectivity index is 1.74. The molecule has 0 fully saturated rings. The fourth-order valence-electron chi connectivity index (χ4n) is 3.90. The molecule has 0 aliphatic rings. The second-order valence-corrected chi connectivity index (χ2v) is 8.02. The van der Waals surface area contributed by atoms with Crippen molar-refractivity contribution < 1.29 is 15.0 Å². The van der Waals surface area contributed by atoms with Crippen molar-refractivity contribution in [3.8, 4) is 0 Å². The number of para-hydroxylation sites is 1. The molecule has 0 atom stereocenters. The predicted octanol–water partition coefficient (Wildman–Crippen LogP) is 6.39. The number of fused-ring (bicyclic) bond motifs is 1. The summed E-state index contributed by atoms with van der Waals surface area (Å²) in [4.78, 5) is 6.98. The van der Waals surface area contributed by atoms with Crippen molar-refractivity contribution in [1.82, 2.24) is 0 Å². The van der Waals surface area contributed by atoms with E-state index in [2.05, 4.69) is 60.2 Å². The van der Waals surface area contributed by atoms with Crippen LogP contribution in [-0.2, 0) is 0 Å². The number of anilines is 1. The highest BCUT2D eigenvalue weighted by atomic mass is 17.2. The van der Waals surface area contributed by atoms with E-state index in [9.17, 15) is 0 Å².